The molecular formula is C12H13F3N6. The predicted molar refractivity (Wildman–Crippen MR) is 70.4 cm³/mol. The molecule has 112 valence electrons. The largest absolute Gasteiger partial charge is 0.421 e. The summed E-state index contributed by atoms with van der Waals surface area (Å²) >= 11 is 0. The number of alkyl halides is 3. The van der Waals surface area contributed by atoms with Gasteiger partial charge in [0.25, 0.3) is 0 Å². The zero-order valence-corrected chi connectivity index (χ0v) is 11.2. The number of anilines is 3. The molecule has 0 atom stereocenters. The highest BCUT2D eigenvalue weighted by Crippen LogP contribution is 2.34. The van der Waals surface area contributed by atoms with Crippen LogP contribution in [0.5, 0.6) is 0 Å². The second-order valence-corrected chi connectivity index (χ2v) is 4.66. The Hall–Kier alpha value is -2.32. The normalized spacial score (nSPS) is 14.1. The Morgan fingerprint density at radius 2 is 2.10 bits per heavy atom. The maximum Gasteiger partial charge on any atom is 0.421 e. The summed E-state index contributed by atoms with van der Waals surface area (Å²) in [5, 5.41) is 9.56. The van der Waals surface area contributed by atoms with E-state index in [-0.39, 0.29) is 11.8 Å². The van der Waals surface area contributed by atoms with Crippen molar-refractivity contribution in [3.8, 4) is 0 Å². The summed E-state index contributed by atoms with van der Waals surface area (Å²) in [5.41, 5.74) is 0.856. The molecule has 2 aromatic heterocycles. The summed E-state index contributed by atoms with van der Waals surface area (Å²) in [6.45, 7) is 0.854. The van der Waals surface area contributed by atoms with Gasteiger partial charge in [-0.05, 0) is 12.8 Å². The molecule has 0 saturated carbocycles. The predicted octanol–water partition coefficient (Wildman–Crippen LogP) is 2.42. The van der Waals surface area contributed by atoms with Crippen molar-refractivity contribution in [2.24, 2.45) is 0 Å². The SMILES string of the molecule is CNc1nc(Nc2cnn3c2CCC3)ncc1C(F)(F)F. The molecule has 1 aliphatic rings. The molecule has 9 heteroatoms. The lowest BCUT2D eigenvalue weighted by atomic mass is 10.2. The van der Waals surface area contributed by atoms with Crippen LogP contribution in [0.15, 0.2) is 12.4 Å². The Bertz CT molecular complexity index is 663. The van der Waals surface area contributed by atoms with Gasteiger partial charge in [-0.1, -0.05) is 0 Å². The van der Waals surface area contributed by atoms with E-state index in [1.54, 1.807) is 6.20 Å². The molecule has 0 saturated heterocycles. The summed E-state index contributed by atoms with van der Waals surface area (Å²) in [5.74, 6) is -0.154. The topological polar surface area (TPSA) is 67.7 Å². The molecule has 3 heterocycles. The number of aromatic nitrogens is 4. The molecule has 1 aliphatic heterocycles. The second-order valence-electron chi connectivity index (χ2n) is 4.66. The highest BCUT2D eigenvalue weighted by Gasteiger charge is 2.35. The monoisotopic (exact) mass is 298 g/mol. The molecule has 2 aromatic rings. The summed E-state index contributed by atoms with van der Waals surface area (Å²) in [7, 11) is 1.39. The second kappa shape index (κ2) is 4.90. The summed E-state index contributed by atoms with van der Waals surface area (Å²) < 4.78 is 40.2. The first-order valence-electron chi connectivity index (χ1n) is 6.42. The molecule has 0 spiro atoms. The van der Waals surface area contributed by atoms with Crippen molar-refractivity contribution in [2.45, 2.75) is 25.6 Å². The first-order valence-corrected chi connectivity index (χ1v) is 6.42. The van der Waals surface area contributed by atoms with Crippen molar-refractivity contribution in [1.29, 1.82) is 0 Å². The van der Waals surface area contributed by atoms with Crippen molar-refractivity contribution in [3.05, 3.63) is 23.7 Å². The summed E-state index contributed by atoms with van der Waals surface area (Å²) in [6.07, 6.45) is -0.204. The quantitative estimate of drug-likeness (QED) is 0.911. The fourth-order valence-corrected chi connectivity index (χ4v) is 2.33. The van der Waals surface area contributed by atoms with Gasteiger partial charge in [-0.15, -0.1) is 0 Å². The number of halogens is 3. The number of nitrogens with zero attached hydrogens (tertiary/aromatic N) is 4. The van der Waals surface area contributed by atoms with Gasteiger partial charge in [-0.3, -0.25) is 4.68 Å². The van der Waals surface area contributed by atoms with Gasteiger partial charge in [0.2, 0.25) is 5.95 Å². The zero-order valence-electron chi connectivity index (χ0n) is 11.2. The molecule has 0 bridgehead atoms. The Morgan fingerprint density at radius 3 is 2.81 bits per heavy atom. The lowest BCUT2D eigenvalue weighted by molar-refractivity contribution is -0.137. The van der Waals surface area contributed by atoms with Crippen LogP contribution in [0.2, 0.25) is 0 Å². The van der Waals surface area contributed by atoms with E-state index in [4.69, 9.17) is 0 Å². The average molecular weight is 298 g/mol. The first kappa shape index (κ1) is 13.7. The van der Waals surface area contributed by atoms with E-state index in [1.807, 2.05) is 4.68 Å². The number of hydrogen-bond acceptors (Lipinski definition) is 5. The van der Waals surface area contributed by atoms with Crippen molar-refractivity contribution in [2.75, 3.05) is 17.7 Å². The fraction of sp³-hybridized carbons (Fsp3) is 0.417. The van der Waals surface area contributed by atoms with E-state index in [2.05, 4.69) is 25.7 Å². The van der Waals surface area contributed by atoms with Gasteiger partial charge >= 0.3 is 6.18 Å². The lowest BCUT2D eigenvalue weighted by Gasteiger charge is -2.12. The Balaban J connectivity index is 1.89. The minimum Gasteiger partial charge on any atom is -0.372 e. The molecular weight excluding hydrogens is 285 g/mol. The minimum absolute atomic E-state index is 0.107. The van der Waals surface area contributed by atoms with Crippen LogP contribution in [0.1, 0.15) is 17.7 Å². The average Bonchev–Trinajstić information content (AvgIpc) is 3.02. The number of aryl methyl sites for hydroxylation is 1. The van der Waals surface area contributed by atoms with Crippen LogP contribution >= 0.6 is 0 Å². The van der Waals surface area contributed by atoms with E-state index in [9.17, 15) is 13.2 Å². The molecule has 3 rings (SSSR count). The van der Waals surface area contributed by atoms with E-state index in [0.29, 0.717) is 0 Å². The van der Waals surface area contributed by atoms with Crippen LogP contribution in [0.3, 0.4) is 0 Å². The van der Waals surface area contributed by atoms with Crippen LogP contribution in [0.4, 0.5) is 30.6 Å². The first-order chi connectivity index (χ1) is 9.99. The van der Waals surface area contributed by atoms with E-state index >= 15 is 0 Å². The standard InChI is InChI=1S/C12H13F3N6/c1-16-10-7(12(13,14)15)5-17-11(20-10)19-8-6-18-21-4-2-3-9(8)21/h5-6H,2-4H2,1H3,(H2,16,17,19,20). The molecule has 0 unspecified atom stereocenters. The zero-order chi connectivity index (χ0) is 15.0. The van der Waals surface area contributed by atoms with Crippen LogP contribution in [0.25, 0.3) is 0 Å². The third-order valence-corrected chi connectivity index (χ3v) is 3.31. The molecule has 21 heavy (non-hydrogen) atoms. The molecule has 0 amide bonds. The Morgan fingerprint density at radius 1 is 1.29 bits per heavy atom. The van der Waals surface area contributed by atoms with E-state index < -0.39 is 11.7 Å². The van der Waals surface area contributed by atoms with Gasteiger partial charge in [-0.25, -0.2) is 4.98 Å². The van der Waals surface area contributed by atoms with Gasteiger partial charge in [0.15, 0.2) is 0 Å². The number of nitrogens with one attached hydrogen (secondary N) is 2. The number of rotatable bonds is 3. The van der Waals surface area contributed by atoms with Crippen molar-refractivity contribution >= 4 is 17.5 Å². The number of fused-ring (bicyclic) bond motifs is 1. The van der Waals surface area contributed by atoms with Crippen LogP contribution < -0.4 is 10.6 Å². The lowest BCUT2D eigenvalue weighted by Crippen LogP contribution is -2.12. The van der Waals surface area contributed by atoms with Gasteiger partial charge < -0.3 is 10.6 Å². The van der Waals surface area contributed by atoms with E-state index in [1.165, 1.54) is 7.05 Å². The summed E-state index contributed by atoms with van der Waals surface area (Å²) in [6, 6.07) is 0. The van der Waals surface area contributed by atoms with Crippen LogP contribution in [0, 0.1) is 0 Å². The van der Waals surface area contributed by atoms with E-state index in [0.717, 1.165) is 37.0 Å². The highest BCUT2D eigenvalue weighted by molar-refractivity contribution is 5.58. The molecule has 0 aromatic carbocycles. The third kappa shape index (κ3) is 2.50. The van der Waals surface area contributed by atoms with Crippen molar-refractivity contribution in [3.63, 3.8) is 0 Å². The molecule has 0 fully saturated rings. The van der Waals surface area contributed by atoms with Gasteiger partial charge in [0.05, 0.1) is 17.6 Å². The van der Waals surface area contributed by atoms with Crippen LogP contribution in [-0.2, 0) is 19.1 Å². The van der Waals surface area contributed by atoms with Gasteiger partial charge in [0.1, 0.15) is 11.4 Å². The molecule has 6 nitrogen and oxygen atoms in total. The summed E-state index contributed by atoms with van der Waals surface area (Å²) in [4.78, 5) is 7.60. The Kier molecular flexibility index (Phi) is 3.19. The van der Waals surface area contributed by atoms with Gasteiger partial charge in [-0.2, -0.15) is 23.3 Å². The third-order valence-electron chi connectivity index (χ3n) is 3.31. The number of hydrogen-bond donors (Lipinski definition) is 2. The highest BCUT2D eigenvalue weighted by atomic mass is 19.4. The van der Waals surface area contributed by atoms with Crippen molar-refractivity contribution < 1.29 is 13.2 Å². The minimum atomic E-state index is -4.49. The Labute approximate surface area is 118 Å². The molecule has 0 radical (unpaired) electrons. The van der Waals surface area contributed by atoms with Crippen LogP contribution in [-0.4, -0.2) is 26.8 Å². The maximum absolute atomic E-state index is 12.8. The molecule has 0 aliphatic carbocycles. The van der Waals surface area contributed by atoms with Crippen molar-refractivity contribution in [1.82, 2.24) is 19.7 Å². The fourth-order valence-electron chi connectivity index (χ4n) is 2.33. The molecule has 2 N–H and O–H groups in total. The smallest absolute Gasteiger partial charge is 0.372 e. The maximum atomic E-state index is 12.8. The van der Waals surface area contributed by atoms with Gasteiger partial charge in [0, 0.05) is 19.8 Å².